The van der Waals surface area contributed by atoms with E-state index in [4.69, 9.17) is 15.2 Å². The van der Waals surface area contributed by atoms with Gasteiger partial charge < -0.3 is 15.2 Å². The van der Waals surface area contributed by atoms with E-state index >= 15 is 0 Å². The topological polar surface area (TPSA) is 44.5 Å². The molecule has 0 aliphatic heterocycles. The highest BCUT2D eigenvalue weighted by molar-refractivity contribution is 5.43. The van der Waals surface area contributed by atoms with Gasteiger partial charge in [0.25, 0.3) is 0 Å². The quantitative estimate of drug-likeness (QED) is 0.936. The van der Waals surface area contributed by atoms with Crippen molar-refractivity contribution in [2.45, 2.75) is 31.9 Å². The standard InChI is InChI=1S/C18H21NO2/c1-3-12-6-4-5-7-16(12)21-17-10-13-8-9-14(20-2)11-15(13)18(17)19/h4-9,11,17-18H,3,10,19H2,1-2H3. The van der Waals surface area contributed by atoms with E-state index in [1.54, 1.807) is 7.11 Å². The first-order valence-electron chi connectivity index (χ1n) is 7.40. The van der Waals surface area contributed by atoms with Crippen molar-refractivity contribution in [3.05, 3.63) is 59.2 Å². The van der Waals surface area contributed by atoms with E-state index < -0.39 is 0 Å². The van der Waals surface area contributed by atoms with Gasteiger partial charge >= 0.3 is 0 Å². The summed E-state index contributed by atoms with van der Waals surface area (Å²) in [6.45, 7) is 2.14. The van der Waals surface area contributed by atoms with Crippen LogP contribution in [0.25, 0.3) is 0 Å². The molecule has 2 aromatic rings. The van der Waals surface area contributed by atoms with Crippen LogP contribution in [0.1, 0.15) is 29.7 Å². The summed E-state index contributed by atoms with van der Waals surface area (Å²) in [7, 11) is 1.67. The Morgan fingerprint density at radius 1 is 1.19 bits per heavy atom. The molecule has 0 saturated carbocycles. The largest absolute Gasteiger partial charge is 0.497 e. The van der Waals surface area contributed by atoms with E-state index in [0.29, 0.717) is 0 Å². The van der Waals surface area contributed by atoms with E-state index in [1.165, 1.54) is 11.1 Å². The summed E-state index contributed by atoms with van der Waals surface area (Å²) in [4.78, 5) is 0. The monoisotopic (exact) mass is 283 g/mol. The molecule has 1 aliphatic rings. The first-order chi connectivity index (χ1) is 10.2. The molecular weight excluding hydrogens is 262 g/mol. The lowest BCUT2D eigenvalue weighted by atomic mass is 10.1. The first-order valence-corrected chi connectivity index (χ1v) is 7.40. The molecule has 0 heterocycles. The third-order valence-corrected chi connectivity index (χ3v) is 4.17. The number of ether oxygens (including phenoxy) is 2. The predicted molar refractivity (Wildman–Crippen MR) is 83.9 cm³/mol. The van der Waals surface area contributed by atoms with Crippen LogP contribution in [0.3, 0.4) is 0 Å². The number of rotatable bonds is 4. The molecule has 21 heavy (non-hydrogen) atoms. The number of hydrogen-bond acceptors (Lipinski definition) is 3. The minimum atomic E-state index is -0.111. The van der Waals surface area contributed by atoms with Gasteiger partial charge in [-0.3, -0.25) is 0 Å². The SMILES string of the molecule is CCc1ccccc1OC1Cc2ccc(OC)cc2C1N. The van der Waals surface area contributed by atoms with Gasteiger partial charge in [-0.2, -0.15) is 0 Å². The van der Waals surface area contributed by atoms with Gasteiger partial charge in [-0.15, -0.1) is 0 Å². The van der Waals surface area contributed by atoms with Gasteiger partial charge in [0.15, 0.2) is 0 Å². The van der Waals surface area contributed by atoms with Crippen LogP contribution < -0.4 is 15.2 Å². The molecule has 0 saturated heterocycles. The molecule has 0 aromatic heterocycles. The number of nitrogens with two attached hydrogens (primary N) is 1. The van der Waals surface area contributed by atoms with E-state index in [9.17, 15) is 0 Å². The average molecular weight is 283 g/mol. The summed E-state index contributed by atoms with van der Waals surface area (Å²) >= 11 is 0. The highest BCUT2D eigenvalue weighted by Crippen LogP contribution is 2.35. The van der Waals surface area contributed by atoms with Crippen molar-refractivity contribution >= 4 is 0 Å². The highest BCUT2D eigenvalue weighted by atomic mass is 16.5. The maximum atomic E-state index is 6.37. The smallest absolute Gasteiger partial charge is 0.123 e. The average Bonchev–Trinajstić information content (AvgIpc) is 2.83. The number of methoxy groups -OCH3 is 1. The first kappa shape index (κ1) is 14.0. The van der Waals surface area contributed by atoms with E-state index in [1.807, 2.05) is 30.3 Å². The Hall–Kier alpha value is -2.00. The van der Waals surface area contributed by atoms with Gasteiger partial charge in [0, 0.05) is 6.42 Å². The Kier molecular flexibility index (Phi) is 3.84. The Balaban J connectivity index is 1.83. The van der Waals surface area contributed by atoms with Crippen LogP contribution in [0.5, 0.6) is 11.5 Å². The van der Waals surface area contributed by atoms with Crippen LogP contribution in [-0.4, -0.2) is 13.2 Å². The molecule has 1 aliphatic carbocycles. The maximum Gasteiger partial charge on any atom is 0.123 e. The molecule has 0 bridgehead atoms. The molecule has 0 radical (unpaired) electrons. The van der Waals surface area contributed by atoms with Crippen molar-refractivity contribution in [1.29, 1.82) is 0 Å². The van der Waals surface area contributed by atoms with Crippen LogP contribution in [0, 0.1) is 0 Å². The number of hydrogen-bond donors (Lipinski definition) is 1. The predicted octanol–water partition coefficient (Wildman–Crippen LogP) is 3.26. The second-order valence-corrected chi connectivity index (χ2v) is 5.41. The lowest BCUT2D eigenvalue weighted by molar-refractivity contribution is 0.183. The zero-order valence-electron chi connectivity index (χ0n) is 12.5. The van der Waals surface area contributed by atoms with Crippen molar-refractivity contribution in [1.82, 2.24) is 0 Å². The van der Waals surface area contributed by atoms with Crippen LogP contribution >= 0.6 is 0 Å². The van der Waals surface area contributed by atoms with E-state index in [0.717, 1.165) is 29.9 Å². The lowest BCUT2D eigenvalue weighted by Crippen LogP contribution is -2.28. The summed E-state index contributed by atoms with van der Waals surface area (Å²) in [5.41, 5.74) is 9.98. The molecular formula is C18H21NO2. The molecule has 3 heteroatoms. The van der Waals surface area contributed by atoms with Crippen molar-refractivity contribution in [3.63, 3.8) is 0 Å². The van der Waals surface area contributed by atoms with Crippen LogP contribution in [0.15, 0.2) is 42.5 Å². The van der Waals surface area contributed by atoms with Crippen molar-refractivity contribution < 1.29 is 9.47 Å². The number of aryl methyl sites for hydroxylation is 1. The number of fused-ring (bicyclic) bond motifs is 1. The molecule has 2 aromatic carbocycles. The molecule has 0 amide bonds. The third kappa shape index (κ3) is 2.61. The molecule has 3 nitrogen and oxygen atoms in total. The van der Waals surface area contributed by atoms with Gasteiger partial charge in [-0.05, 0) is 41.3 Å². The Labute approximate surface area is 125 Å². The highest BCUT2D eigenvalue weighted by Gasteiger charge is 2.32. The fraction of sp³-hybridized carbons (Fsp3) is 0.333. The van der Waals surface area contributed by atoms with Crippen LogP contribution in [0.4, 0.5) is 0 Å². The van der Waals surface area contributed by atoms with Crippen molar-refractivity contribution in [3.8, 4) is 11.5 Å². The summed E-state index contributed by atoms with van der Waals surface area (Å²) < 4.78 is 11.5. The normalized spacial score (nSPS) is 20.1. The summed E-state index contributed by atoms with van der Waals surface area (Å²) in [6.07, 6.45) is 1.79. The van der Waals surface area contributed by atoms with Crippen LogP contribution in [-0.2, 0) is 12.8 Å². The third-order valence-electron chi connectivity index (χ3n) is 4.17. The summed E-state index contributed by atoms with van der Waals surface area (Å²) in [5.74, 6) is 1.79. The number of benzene rings is 2. The van der Waals surface area contributed by atoms with Gasteiger partial charge in [0.1, 0.15) is 17.6 Å². The van der Waals surface area contributed by atoms with Gasteiger partial charge in [-0.1, -0.05) is 31.2 Å². The van der Waals surface area contributed by atoms with E-state index in [2.05, 4.69) is 19.1 Å². The number of para-hydroxylation sites is 1. The van der Waals surface area contributed by atoms with Gasteiger partial charge in [-0.25, -0.2) is 0 Å². The molecule has 2 atom stereocenters. The molecule has 110 valence electrons. The summed E-state index contributed by atoms with van der Waals surface area (Å²) in [6, 6.07) is 14.2. The van der Waals surface area contributed by atoms with E-state index in [-0.39, 0.29) is 12.1 Å². The van der Waals surface area contributed by atoms with Gasteiger partial charge in [0.05, 0.1) is 13.2 Å². The Morgan fingerprint density at radius 2 is 2.00 bits per heavy atom. The minimum Gasteiger partial charge on any atom is -0.497 e. The molecule has 2 N–H and O–H groups in total. The second kappa shape index (κ2) is 5.78. The fourth-order valence-corrected chi connectivity index (χ4v) is 2.93. The van der Waals surface area contributed by atoms with Crippen molar-refractivity contribution in [2.75, 3.05) is 7.11 Å². The Bertz CT molecular complexity index is 639. The Morgan fingerprint density at radius 3 is 2.76 bits per heavy atom. The zero-order chi connectivity index (χ0) is 14.8. The fourth-order valence-electron chi connectivity index (χ4n) is 2.93. The summed E-state index contributed by atoms with van der Waals surface area (Å²) in [5, 5.41) is 0. The van der Waals surface area contributed by atoms with Crippen molar-refractivity contribution in [2.24, 2.45) is 5.73 Å². The molecule has 2 unspecified atom stereocenters. The second-order valence-electron chi connectivity index (χ2n) is 5.41. The molecule has 0 spiro atoms. The maximum absolute atomic E-state index is 6.37. The van der Waals surface area contributed by atoms with Crippen LogP contribution in [0.2, 0.25) is 0 Å². The lowest BCUT2D eigenvalue weighted by Gasteiger charge is -2.20. The minimum absolute atomic E-state index is 0.0141. The molecule has 0 fully saturated rings. The van der Waals surface area contributed by atoms with Gasteiger partial charge in [0.2, 0.25) is 0 Å². The zero-order valence-corrected chi connectivity index (χ0v) is 12.5. The molecule has 3 rings (SSSR count).